The standard InChI is InChI=1S/C26H43NO2/c1-3-5-7-9-11-13-22-15-17-23(18-16-22)26(28)29-25-20-19-24(27-21-25)14-12-10-8-6-4-2/h19-23H,3-18H2,1-2H3/t22-,23-. The second-order valence-corrected chi connectivity index (χ2v) is 8.99. The van der Waals surface area contributed by atoms with E-state index in [1.54, 1.807) is 6.20 Å². The lowest BCUT2D eigenvalue weighted by Gasteiger charge is -2.27. The summed E-state index contributed by atoms with van der Waals surface area (Å²) in [6.45, 7) is 4.50. The van der Waals surface area contributed by atoms with Crippen LogP contribution in [0.5, 0.6) is 5.75 Å². The van der Waals surface area contributed by atoms with Gasteiger partial charge in [0.25, 0.3) is 0 Å². The van der Waals surface area contributed by atoms with Crippen LogP contribution in [0.2, 0.25) is 0 Å². The van der Waals surface area contributed by atoms with Crippen LogP contribution < -0.4 is 4.74 Å². The molecule has 0 radical (unpaired) electrons. The highest BCUT2D eigenvalue weighted by atomic mass is 16.5. The predicted molar refractivity (Wildman–Crippen MR) is 121 cm³/mol. The first kappa shape index (κ1) is 23.9. The zero-order valence-corrected chi connectivity index (χ0v) is 19.0. The van der Waals surface area contributed by atoms with E-state index >= 15 is 0 Å². The average molecular weight is 402 g/mol. The summed E-state index contributed by atoms with van der Waals surface area (Å²) in [5.41, 5.74) is 1.10. The second-order valence-electron chi connectivity index (χ2n) is 8.99. The zero-order valence-electron chi connectivity index (χ0n) is 19.0. The summed E-state index contributed by atoms with van der Waals surface area (Å²) in [5.74, 6) is 1.44. The first-order valence-electron chi connectivity index (χ1n) is 12.4. The molecule has 0 aromatic carbocycles. The van der Waals surface area contributed by atoms with E-state index in [4.69, 9.17) is 4.74 Å². The van der Waals surface area contributed by atoms with Gasteiger partial charge in [-0.25, -0.2) is 0 Å². The van der Waals surface area contributed by atoms with Crippen LogP contribution in [0.25, 0.3) is 0 Å². The van der Waals surface area contributed by atoms with Crippen molar-refractivity contribution < 1.29 is 9.53 Å². The molecule has 0 aliphatic heterocycles. The molecule has 3 nitrogen and oxygen atoms in total. The Morgan fingerprint density at radius 3 is 2.17 bits per heavy atom. The Kier molecular flexibility index (Phi) is 12.0. The van der Waals surface area contributed by atoms with Crippen molar-refractivity contribution in [2.75, 3.05) is 0 Å². The maximum absolute atomic E-state index is 12.5. The van der Waals surface area contributed by atoms with E-state index in [-0.39, 0.29) is 11.9 Å². The molecule has 0 saturated heterocycles. The molecule has 0 bridgehead atoms. The molecule has 1 aliphatic rings. The van der Waals surface area contributed by atoms with Gasteiger partial charge in [0.2, 0.25) is 0 Å². The first-order chi connectivity index (χ1) is 14.2. The fraction of sp³-hybridized carbons (Fsp3) is 0.769. The highest BCUT2D eigenvalue weighted by Gasteiger charge is 2.27. The molecule has 29 heavy (non-hydrogen) atoms. The lowest BCUT2D eigenvalue weighted by molar-refractivity contribution is -0.140. The molecule has 0 unspecified atom stereocenters. The number of aromatic nitrogens is 1. The molecule has 0 amide bonds. The average Bonchev–Trinajstić information content (AvgIpc) is 2.75. The molecule has 1 heterocycles. The van der Waals surface area contributed by atoms with Crippen LogP contribution in [0, 0.1) is 11.8 Å². The lowest BCUT2D eigenvalue weighted by Crippen LogP contribution is -2.25. The number of unbranched alkanes of at least 4 members (excludes halogenated alkanes) is 8. The van der Waals surface area contributed by atoms with E-state index in [1.807, 2.05) is 12.1 Å². The van der Waals surface area contributed by atoms with Gasteiger partial charge in [0.05, 0.1) is 12.1 Å². The number of carbonyl (C=O) groups is 1. The molecule has 2 rings (SSSR count). The van der Waals surface area contributed by atoms with E-state index in [0.717, 1.165) is 30.9 Å². The van der Waals surface area contributed by atoms with Crippen molar-refractivity contribution in [3.05, 3.63) is 24.0 Å². The number of ether oxygens (including phenoxy) is 1. The number of nitrogens with zero attached hydrogens (tertiary/aromatic N) is 1. The Labute approximate surface area is 179 Å². The van der Waals surface area contributed by atoms with Crippen LogP contribution in [0.1, 0.15) is 116 Å². The number of hydrogen-bond donors (Lipinski definition) is 0. The fourth-order valence-electron chi connectivity index (χ4n) is 4.45. The zero-order chi connectivity index (χ0) is 20.7. The molecule has 1 aromatic rings. The summed E-state index contributed by atoms with van der Waals surface area (Å²) >= 11 is 0. The van der Waals surface area contributed by atoms with Crippen molar-refractivity contribution in [3.63, 3.8) is 0 Å². The molecular formula is C26H43NO2. The first-order valence-corrected chi connectivity index (χ1v) is 12.4. The minimum atomic E-state index is -0.0551. The molecule has 1 aliphatic carbocycles. The molecule has 1 fully saturated rings. The third-order valence-corrected chi connectivity index (χ3v) is 6.45. The molecular weight excluding hydrogens is 358 g/mol. The predicted octanol–water partition coefficient (Wildman–Crippen LogP) is 7.67. The highest BCUT2D eigenvalue weighted by Crippen LogP contribution is 2.33. The van der Waals surface area contributed by atoms with E-state index in [9.17, 15) is 4.79 Å². The lowest BCUT2D eigenvalue weighted by atomic mass is 9.80. The fourth-order valence-corrected chi connectivity index (χ4v) is 4.45. The van der Waals surface area contributed by atoms with Gasteiger partial charge in [-0.2, -0.15) is 0 Å². The van der Waals surface area contributed by atoms with Gasteiger partial charge in [-0.3, -0.25) is 9.78 Å². The van der Waals surface area contributed by atoms with E-state index in [2.05, 4.69) is 18.8 Å². The van der Waals surface area contributed by atoms with Crippen molar-refractivity contribution in [1.29, 1.82) is 0 Å². The summed E-state index contributed by atoms with van der Waals surface area (Å²) in [5, 5.41) is 0. The van der Waals surface area contributed by atoms with Crippen molar-refractivity contribution in [1.82, 2.24) is 4.98 Å². The number of pyridine rings is 1. The van der Waals surface area contributed by atoms with Crippen molar-refractivity contribution in [2.45, 2.75) is 117 Å². The Morgan fingerprint density at radius 2 is 1.55 bits per heavy atom. The number of esters is 1. The van der Waals surface area contributed by atoms with Gasteiger partial charge in [0.15, 0.2) is 0 Å². The summed E-state index contributed by atoms with van der Waals surface area (Å²) in [4.78, 5) is 17.0. The Bertz CT molecular complexity index is 546. The van der Waals surface area contributed by atoms with Gasteiger partial charge in [-0.05, 0) is 56.6 Å². The molecule has 0 N–H and O–H groups in total. The summed E-state index contributed by atoms with van der Waals surface area (Å²) < 4.78 is 5.63. The third kappa shape index (κ3) is 9.78. The monoisotopic (exact) mass is 401 g/mol. The number of aryl methyl sites for hydroxylation is 1. The van der Waals surface area contributed by atoms with Gasteiger partial charge in [0, 0.05) is 5.69 Å². The van der Waals surface area contributed by atoms with E-state index in [1.165, 1.54) is 83.5 Å². The molecule has 3 heteroatoms. The van der Waals surface area contributed by atoms with Gasteiger partial charge >= 0.3 is 5.97 Å². The van der Waals surface area contributed by atoms with E-state index in [0.29, 0.717) is 5.75 Å². The van der Waals surface area contributed by atoms with Crippen LogP contribution in [-0.2, 0) is 11.2 Å². The number of hydrogen-bond acceptors (Lipinski definition) is 3. The number of carbonyl (C=O) groups excluding carboxylic acids is 1. The van der Waals surface area contributed by atoms with Crippen LogP contribution in [0.3, 0.4) is 0 Å². The summed E-state index contributed by atoms with van der Waals surface area (Å²) in [7, 11) is 0. The molecule has 1 aromatic heterocycles. The topological polar surface area (TPSA) is 39.2 Å². The quantitative estimate of drug-likeness (QED) is 0.237. The van der Waals surface area contributed by atoms with Gasteiger partial charge in [-0.15, -0.1) is 0 Å². The summed E-state index contributed by atoms with van der Waals surface area (Å²) in [6, 6.07) is 3.92. The van der Waals surface area contributed by atoms with Gasteiger partial charge < -0.3 is 4.74 Å². The molecule has 0 atom stereocenters. The largest absolute Gasteiger partial charge is 0.425 e. The van der Waals surface area contributed by atoms with Crippen LogP contribution >= 0.6 is 0 Å². The molecule has 1 saturated carbocycles. The third-order valence-electron chi connectivity index (χ3n) is 6.45. The normalized spacial score (nSPS) is 19.2. The number of rotatable bonds is 14. The van der Waals surface area contributed by atoms with Gasteiger partial charge in [0.1, 0.15) is 5.75 Å². The SMILES string of the molecule is CCCCCCCc1ccc(OC(=O)[C@H]2CC[C@H](CCCCCCC)CC2)cn1. The van der Waals surface area contributed by atoms with Crippen molar-refractivity contribution in [2.24, 2.45) is 11.8 Å². The maximum Gasteiger partial charge on any atom is 0.314 e. The van der Waals surface area contributed by atoms with Gasteiger partial charge in [-0.1, -0.05) is 78.1 Å². The molecule has 0 spiro atoms. The highest BCUT2D eigenvalue weighted by molar-refractivity contribution is 5.75. The maximum atomic E-state index is 12.5. The van der Waals surface area contributed by atoms with E-state index < -0.39 is 0 Å². The van der Waals surface area contributed by atoms with Crippen molar-refractivity contribution >= 4 is 5.97 Å². The second kappa shape index (κ2) is 14.6. The minimum Gasteiger partial charge on any atom is -0.425 e. The minimum absolute atomic E-state index is 0.0551. The van der Waals surface area contributed by atoms with Crippen molar-refractivity contribution in [3.8, 4) is 5.75 Å². The molecule has 164 valence electrons. The Morgan fingerprint density at radius 1 is 0.897 bits per heavy atom. The summed E-state index contributed by atoms with van der Waals surface area (Å²) in [6.07, 6.45) is 21.6. The Hall–Kier alpha value is -1.38. The van der Waals surface area contributed by atoms with Crippen LogP contribution in [-0.4, -0.2) is 11.0 Å². The van der Waals surface area contributed by atoms with Crippen LogP contribution in [0.15, 0.2) is 18.3 Å². The Balaban J connectivity index is 1.62. The van der Waals surface area contributed by atoms with Crippen LogP contribution in [0.4, 0.5) is 0 Å². The smallest absolute Gasteiger partial charge is 0.314 e.